The lowest BCUT2D eigenvalue weighted by Gasteiger charge is -2.12. The molecule has 0 aliphatic carbocycles. The molecule has 0 amide bonds. The van der Waals surface area contributed by atoms with Gasteiger partial charge >= 0.3 is 23.9 Å². The van der Waals surface area contributed by atoms with E-state index in [9.17, 15) is 74.7 Å². The Labute approximate surface area is 809 Å². The minimum Gasteiger partial charge on any atom is -0.459 e. The number of benzene rings is 12. The number of rotatable bonds is 39. The van der Waals surface area contributed by atoms with E-state index in [-0.39, 0.29) is 101 Å². The Morgan fingerprint density at radius 1 is 0.271 bits per heavy atom. The Hall–Kier alpha value is -14.0. The second-order valence-corrected chi connectivity index (χ2v) is 35.5. The van der Waals surface area contributed by atoms with E-state index in [0.29, 0.717) is 76.1 Å². The van der Waals surface area contributed by atoms with Crippen molar-refractivity contribution < 1.29 is 93.7 Å². The molecule has 16 rings (SSSR count). The number of fused-ring (bicyclic) bond motifs is 4. The van der Waals surface area contributed by atoms with Crippen LogP contribution in [-0.2, 0) is 96.5 Å². The zero-order valence-electron chi connectivity index (χ0n) is 79.0. The van der Waals surface area contributed by atoms with E-state index in [0.717, 1.165) is 104 Å². The third kappa shape index (κ3) is 28.2. The second-order valence-electron chi connectivity index (χ2n) is 35.5. The average Bonchev–Trinajstić information content (AvgIpc) is 1.64. The number of esters is 4. The fraction of sp³-hybridized carbons (Fsp3) is 0.276. The molecular formula is C116H116F8N4O12. The van der Waals surface area contributed by atoms with Gasteiger partial charge in [-0.05, 0) is 210 Å². The molecule has 0 saturated carbocycles. The number of para-hydroxylation sites is 4. The molecule has 0 spiro atoms. The Bertz CT molecular complexity index is 6750. The van der Waals surface area contributed by atoms with E-state index in [4.69, 9.17) is 18.9 Å². The summed E-state index contributed by atoms with van der Waals surface area (Å²) < 4.78 is 147. The van der Waals surface area contributed by atoms with Gasteiger partial charge in [0.2, 0.25) is 0 Å². The highest BCUT2D eigenvalue weighted by molar-refractivity contribution is 5.92. The molecule has 0 radical (unpaired) electrons. The van der Waals surface area contributed by atoms with E-state index in [1.807, 2.05) is 125 Å². The molecular weight excluding hydrogens is 1790 g/mol. The number of aryl methyl sites for hydroxylation is 3. The average molecular weight is 1910 g/mol. The minimum absolute atomic E-state index is 0.00199. The lowest BCUT2D eigenvalue weighted by Crippen LogP contribution is -2.21. The van der Waals surface area contributed by atoms with Crippen molar-refractivity contribution in [2.45, 2.75) is 175 Å². The number of unbranched alkanes of at least 4 members (excludes halogenated alkanes) is 3. The molecule has 728 valence electrons. The number of hydrogen-bond acceptors (Lipinski definition) is 12. The van der Waals surface area contributed by atoms with Gasteiger partial charge < -0.3 is 57.6 Å². The summed E-state index contributed by atoms with van der Waals surface area (Å²) in [4.78, 5) is 48.6. The zero-order chi connectivity index (χ0) is 99.3. The highest BCUT2D eigenvalue weighted by atomic mass is 19.2. The first kappa shape index (κ1) is 103. The van der Waals surface area contributed by atoms with Gasteiger partial charge in [0.1, 0.15) is 73.0 Å². The van der Waals surface area contributed by atoms with E-state index >= 15 is 0 Å². The molecule has 0 saturated heterocycles. The molecule has 4 N–H and O–H groups in total. The Balaban J connectivity index is 0.000000157. The highest BCUT2D eigenvalue weighted by Gasteiger charge is 2.26. The SMILES string of the molecule is CC(C)Cc1cc(F)c(Cn2cc(C[C@H](O)COC(=O)c3ccccc3)c3ccccc32)c(F)c1.CCCCCc1cc(F)c(Cn2cc(C[C@H](O)COC(=O)c3ccccc3)c3ccccc32)c(F)c1.CCCCc1cc(F)c(Cn2cc(C[C@H](O)COC(=O)c3ccccc3)c3ccccc32)c(F)c1.CCCc1cc(F)c(Cn2cc(C[C@H](O)COC(=O)c3ccccc3)c3ccccc32)c(F)c1. The van der Waals surface area contributed by atoms with Crippen molar-refractivity contribution >= 4 is 67.5 Å². The zero-order valence-corrected chi connectivity index (χ0v) is 79.0. The van der Waals surface area contributed by atoms with Crippen LogP contribution in [0.1, 0.15) is 181 Å². The standard InChI is InChI=1S/C30H31F2NO3.2C29H29F2NO3.C28H27F2NO3/c1-2-3-5-10-21-15-27(31)26(28(32)16-21)19-33-18-23(25-13-8-9-14-29(25)33)17-24(34)20-36-30(35)22-11-6-4-7-12-22;1-19(2)12-20-13-26(30)25(27(31)14-20)17-32-16-22(24-10-6-7-11-28(24)32)15-23(33)18-35-29(34)21-8-4-3-5-9-21;1-2-3-9-20-14-26(30)25(27(31)15-20)18-32-17-22(24-12-7-8-13-28(24)32)16-23(33)19-35-29(34)21-10-5-4-6-11-21;1-2-8-19-13-25(29)24(26(30)14-19)17-31-16-21(23-11-6-7-12-27(23)31)15-22(32)18-34-28(33)20-9-4-3-5-10-20/h4,6-9,11-16,18,24,34H,2-3,5,10,17,19-20H2,1H3;3-11,13-14,16,19,23,33H,12,15,17-18H2,1-2H3;4-8,10-15,17,23,33H,2-3,9,16,18-19H2,1H3;3-7,9-14,16,22,32H,2,8,15,17-18H2,1H3/t24-;2*23-;22-/m0000/s1. The third-order valence-electron chi connectivity index (χ3n) is 24.2. The lowest BCUT2D eigenvalue weighted by atomic mass is 10.0. The molecule has 24 heteroatoms. The number of aliphatic hydroxyl groups is 4. The van der Waals surface area contributed by atoms with Crippen LogP contribution in [0.4, 0.5) is 35.1 Å². The van der Waals surface area contributed by atoms with Crippen molar-refractivity contribution in [2.24, 2.45) is 5.92 Å². The summed E-state index contributed by atoms with van der Waals surface area (Å²) in [5, 5.41) is 45.7. The Morgan fingerprint density at radius 3 is 0.729 bits per heavy atom. The molecule has 12 aromatic carbocycles. The third-order valence-corrected chi connectivity index (χ3v) is 24.2. The number of carbonyl (C=O) groups is 4. The lowest BCUT2D eigenvalue weighted by molar-refractivity contribution is 0.0256. The molecule has 140 heavy (non-hydrogen) atoms. The first-order valence-corrected chi connectivity index (χ1v) is 47.4. The van der Waals surface area contributed by atoms with E-state index in [1.165, 1.54) is 48.5 Å². The van der Waals surface area contributed by atoms with Crippen LogP contribution in [0.3, 0.4) is 0 Å². The minimum atomic E-state index is -0.925. The van der Waals surface area contributed by atoms with Crippen LogP contribution in [0.25, 0.3) is 43.6 Å². The number of hydrogen-bond donors (Lipinski definition) is 4. The molecule has 0 unspecified atom stereocenters. The maximum absolute atomic E-state index is 14.9. The molecule has 4 aromatic heterocycles. The predicted octanol–water partition coefficient (Wildman–Crippen LogP) is 24.1. The number of ether oxygens (including phenoxy) is 4. The molecule has 4 atom stereocenters. The monoisotopic (exact) mass is 1910 g/mol. The number of carbonyl (C=O) groups excluding carboxylic acids is 4. The fourth-order valence-electron chi connectivity index (χ4n) is 17.2. The molecule has 0 bridgehead atoms. The molecule has 16 aromatic rings. The van der Waals surface area contributed by atoms with Gasteiger partial charge in [-0.1, -0.05) is 206 Å². The van der Waals surface area contributed by atoms with Crippen molar-refractivity contribution in [2.75, 3.05) is 26.4 Å². The van der Waals surface area contributed by atoms with Gasteiger partial charge in [-0.2, -0.15) is 0 Å². The van der Waals surface area contributed by atoms with E-state index in [2.05, 4.69) is 6.92 Å². The first-order chi connectivity index (χ1) is 67.7. The van der Waals surface area contributed by atoms with Crippen molar-refractivity contribution in [3.05, 3.63) is 427 Å². The Kier molecular flexibility index (Phi) is 37.3. The van der Waals surface area contributed by atoms with Crippen LogP contribution in [0.15, 0.2) is 292 Å². The van der Waals surface area contributed by atoms with E-state index in [1.54, 1.807) is 164 Å². The van der Waals surface area contributed by atoms with Gasteiger partial charge in [0.15, 0.2) is 0 Å². The van der Waals surface area contributed by atoms with Crippen molar-refractivity contribution in [1.82, 2.24) is 18.3 Å². The topological polar surface area (TPSA) is 206 Å². The molecule has 0 fully saturated rings. The molecule has 0 aliphatic heterocycles. The predicted molar refractivity (Wildman–Crippen MR) is 530 cm³/mol. The summed E-state index contributed by atoms with van der Waals surface area (Å²) in [5.41, 5.74) is 10.8. The van der Waals surface area contributed by atoms with Crippen LogP contribution in [0.2, 0.25) is 0 Å². The fourth-order valence-corrected chi connectivity index (χ4v) is 17.2. The summed E-state index contributed by atoms with van der Waals surface area (Å²) in [5.74, 6) is -6.14. The number of halogens is 8. The summed E-state index contributed by atoms with van der Waals surface area (Å²) in [6.45, 7) is 9.61. The maximum Gasteiger partial charge on any atom is 0.338 e. The molecule has 16 nitrogen and oxygen atoms in total. The number of aliphatic hydroxyl groups excluding tert-OH is 4. The van der Waals surface area contributed by atoms with Crippen LogP contribution < -0.4 is 0 Å². The number of nitrogens with zero attached hydrogens (tertiary/aromatic N) is 4. The summed E-state index contributed by atoms with van der Waals surface area (Å²) in [6.07, 6.45) is 12.6. The molecule has 4 heterocycles. The molecule has 0 aliphatic rings. The number of aromatic nitrogens is 4. The van der Waals surface area contributed by atoms with Crippen molar-refractivity contribution in [1.29, 1.82) is 0 Å². The van der Waals surface area contributed by atoms with Gasteiger partial charge in [-0.3, -0.25) is 0 Å². The maximum atomic E-state index is 14.9. The van der Waals surface area contributed by atoms with Gasteiger partial charge in [-0.25, -0.2) is 54.3 Å². The van der Waals surface area contributed by atoms with Crippen LogP contribution in [0, 0.1) is 52.5 Å². The highest BCUT2D eigenvalue weighted by Crippen LogP contribution is 2.33. The summed E-state index contributed by atoms with van der Waals surface area (Å²) in [7, 11) is 0. The smallest absolute Gasteiger partial charge is 0.338 e. The van der Waals surface area contributed by atoms with E-state index < -0.39 is 94.8 Å². The van der Waals surface area contributed by atoms with Crippen molar-refractivity contribution in [3.8, 4) is 0 Å². The Morgan fingerprint density at radius 2 is 0.493 bits per heavy atom. The van der Waals surface area contributed by atoms with Gasteiger partial charge in [0, 0.05) is 116 Å². The summed E-state index contributed by atoms with van der Waals surface area (Å²) in [6, 6.07) is 75.8. The largest absolute Gasteiger partial charge is 0.459 e. The van der Waals surface area contributed by atoms with Gasteiger partial charge in [-0.15, -0.1) is 0 Å². The summed E-state index contributed by atoms with van der Waals surface area (Å²) >= 11 is 0. The van der Waals surface area contributed by atoms with Gasteiger partial charge in [0.05, 0.1) is 72.8 Å². The van der Waals surface area contributed by atoms with Crippen molar-refractivity contribution in [3.63, 3.8) is 0 Å². The quantitative estimate of drug-likeness (QED) is 0.0123. The second kappa shape index (κ2) is 50.5. The first-order valence-electron chi connectivity index (χ1n) is 47.4. The van der Waals surface area contributed by atoms with Gasteiger partial charge in [0.25, 0.3) is 0 Å². The van der Waals surface area contributed by atoms with Crippen LogP contribution in [-0.4, -0.2) is 113 Å². The van der Waals surface area contributed by atoms with Crippen LogP contribution >= 0.6 is 0 Å². The normalized spacial score (nSPS) is 12.2. The van der Waals surface area contributed by atoms with Crippen LogP contribution in [0.5, 0.6) is 0 Å².